The van der Waals surface area contributed by atoms with E-state index in [1.165, 1.54) is 0 Å². The zero-order valence-corrected chi connectivity index (χ0v) is 11.8. The maximum atomic E-state index is 11.9. The van der Waals surface area contributed by atoms with Crippen molar-refractivity contribution in [3.8, 4) is 0 Å². The number of anilines is 1. The Balaban J connectivity index is 1.88. The van der Waals surface area contributed by atoms with Gasteiger partial charge in [-0.1, -0.05) is 25.0 Å². The molecule has 1 aromatic rings. The van der Waals surface area contributed by atoms with E-state index in [1.807, 2.05) is 24.3 Å². The number of hydrogen-bond acceptors (Lipinski definition) is 3. The summed E-state index contributed by atoms with van der Waals surface area (Å²) in [4.78, 5) is 11.9. The van der Waals surface area contributed by atoms with Crippen molar-refractivity contribution < 1.29 is 14.6 Å². The lowest BCUT2D eigenvalue weighted by Gasteiger charge is -2.28. The second-order valence-electron chi connectivity index (χ2n) is 5.19. The minimum absolute atomic E-state index is 0.147. The first kappa shape index (κ1) is 14.8. The summed E-state index contributed by atoms with van der Waals surface area (Å²) in [5.41, 5.74) is 1.73. The van der Waals surface area contributed by atoms with E-state index in [0.29, 0.717) is 6.61 Å². The Morgan fingerprint density at radius 2 is 2.20 bits per heavy atom. The number of benzene rings is 1. The third-order valence-corrected chi connectivity index (χ3v) is 3.54. The molecule has 1 aliphatic rings. The number of urea groups is 1. The summed E-state index contributed by atoms with van der Waals surface area (Å²) in [5, 5.41) is 15.5. The molecular formula is C15H22N2O3. The molecule has 110 valence electrons. The number of aliphatic hydroxyl groups excluding tert-OH is 1. The molecule has 5 nitrogen and oxygen atoms in total. The summed E-state index contributed by atoms with van der Waals surface area (Å²) in [7, 11) is 1.64. The van der Waals surface area contributed by atoms with Gasteiger partial charge in [0.1, 0.15) is 0 Å². The molecule has 2 atom stereocenters. The van der Waals surface area contributed by atoms with Crippen LogP contribution in [0.15, 0.2) is 24.3 Å². The van der Waals surface area contributed by atoms with Gasteiger partial charge in [-0.15, -0.1) is 0 Å². The molecule has 0 aliphatic heterocycles. The van der Waals surface area contributed by atoms with Crippen LogP contribution in [0.3, 0.4) is 0 Å². The largest absolute Gasteiger partial charge is 0.391 e. The first-order chi connectivity index (χ1) is 9.69. The SMILES string of the molecule is COCc1cccc(NC(=O)NC2CCCCC2O)c1. The number of amides is 2. The number of carbonyl (C=O) groups is 1. The fourth-order valence-electron chi connectivity index (χ4n) is 2.52. The number of nitrogens with one attached hydrogen (secondary N) is 2. The Kier molecular flexibility index (Phi) is 5.38. The topological polar surface area (TPSA) is 70.6 Å². The third kappa shape index (κ3) is 4.21. The molecule has 0 aromatic heterocycles. The van der Waals surface area contributed by atoms with E-state index < -0.39 is 6.10 Å². The van der Waals surface area contributed by atoms with Crippen LogP contribution in [0.4, 0.5) is 10.5 Å². The number of carbonyl (C=O) groups excluding carboxylic acids is 1. The van der Waals surface area contributed by atoms with E-state index in [0.717, 1.165) is 36.9 Å². The summed E-state index contributed by atoms with van der Waals surface area (Å²) in [6.45, 7) is 0.512. The van der Waals surface area contributed by atoms with Gasteiger partial charge in [0, 0.05) is 12.8 Å². The summed E-state index contributed by atoms with van der Waals surface area (Å²) in [5.74, 6) is 0. The Morgan fingerprint density at radius 3 is 2.95 bits per heavy atom. The quantitative estimate of drug-likeness (QED) is 0.791. The van der Waals surface area contributed by atoms with E-state index in [-0.39, 0.29) is 12.1 Å². The van der Waals surface area contributed by atoms with Crippen LogP contribution in [0.1, 0.15) is 31.2 Å². The van der Waals surface area contributed by atoms with Crippen LogP contribution in [0.25, 0.3) is 0 Å². The Hall–Kier alpha value is -1.59. The van der Waals surface area contributed by atoms with E-state index in [9.17, 15) is 9.90 Å². The number of aliphatic hydroxyl groups is 1. The molecule has 1 saturated carbocycles. The van der Waals surface area contributed by atoms with Gasteiger partial charge in [-0.25, -0.2) is 4.79 Å². The van der Waals surface area contributed by atoms with Crippen molar-refractivity contribution in [3.05, 3.63) is 29.8 Å². The molecule has 20 heavy (non-hydrogen) atoms. The van der Waals surface area contributed by atoms with Gasteiger partial charge in [0.25, 0.3) is 0 Å². The van der Waals surface area contributed by atoms with Crippen molar-refractivity contribution in [3.63, 3.8) is 0 Å². The van der Waals surface area contributed by atoms with Crippen LogP contribution in [-0.4, -0.2) is 30.4 Å². The lowest BCUT2D eigenvalue weighted by molar-refractivity contribution is 0.0955. The van der Waals surface area contributed by atoms with Crippen LogP contribution >= 0.6 is 0 Å². The molecule has 0 heterocycles. The van der Waals surface area contributed by atoms with Gasteiger partial charge >= 0.3 is 6.03 Å². The van der Waals surface area contributed by atoms with Crippen molar-refractivity contribution in [1.82, 2.24) is 5.32 Å². The second kappa shape index (κ2) is 7.26. The molecule has 5 heteroatoms. The van der Waals surface area contributed by atoms with Gasteiger partial charge in [-0.3, -0.25) is 0 Å². The van der Waals surface area contributed by atoms with Crippen LogP contribution in [-0.2, 0) is 11.3 Å². The number of rotatable bonds is 4. The van der Waals surface area contributed by atoms with Crippen LogP contribution in [0, 0.1) is 0 Å². The van der Waals surface area contributed by atoms with Crippen LogP contribution < -0.4 is 10.6 Å². The zero-order chi connectivity index (χ0) is 14.4. The summed E-state index contributed by atoms with van der Waals surface area (Å²) in [6.07, 6.45) is 3.23. The first-order valence-electron chi connectivity index (χ1n) is 7.02. The molecule has 3 N–H and O–H groups in total. The first-order valence-corrected chi connectivity index (χ1v) is 7.02. The monoisotopic (exact) mass is 278 g/mol. The standard InChI is InChI=1S/C15H22N2O3/c1-20-10-11-5-4-6-12(9-11)16-15(19)17-13-7-2-3-8-14(13)18/h4-6,9,13-14,18H,2-3,7-8,10H2,1H3,(H2,16,17,19). The lowest BCUT2D eigenvalue weighted by atomic mass is 9.93. The number of ether oxygens (including phenoxy) is 1. The Labute approximate surface area is 119 Å². The Morgan fingerprint density at radius 1 is 1.40 bits per heavy atom. The highest BCUT2D eigenvalue weighted by molar-refractivity contribution is 5.89. The minimum atomic E-state index is -0.436. The molecule has 0 spiro atoms. The predicted molar refractivity (Wildman–Crippen MR) is 77.6 cm³/mol. The summed E-state index contributed by atoms with van der Waals surface area (Å²) < 4.78 is 5.06. The Bertz CT molecular complexity index is 450. The molecule has 0 bridgehead atoms. The highest BCUT2D eigenvalue weighted by atomic mass is 16.5. The van der Waals surface area contributed by atoms with Crippen LogP contribution in [0.2, 0.25) is 0 Å². The number of hydrogen-bond donors (Lipinski definition) is 3. The normalized spacial score (nSPS) is 22.3. The fourth-order valence-corrected chi connectivity index (χ4v) is 2.52. The zero-order valence-electron chi connectivity index (χ0n) is 11.8. The average Bonchev–Trinajstić information content (AvgIpc) is 2.42. The maximum Gasteiger partial charge on any atom is 0.319 e. The van der Waals surface area contributed by atoms with Gasteiger partial charge in [-0.05, 0) is 30.5 Å². The van der Waals surface area contributed by atoms with Gasteiger partial charge < -0.3 is 20.5 Å². The third-order valence-electron chi connectivity index (χ3n) is 3.54. The van der Waals surface area contributed by atoms with Crippen LogP contribution in [0.5, 0.6) is 0 Å². The fraction of sp³-hybridized carbons (Fsp3) is 0.533. The van der Waals surface area contributed by atoms with E-state index in [2.05, 4.69) is 10.6 Å². The average molecular weight is 278 g/mol. The highest BCUT2D eigenvalue weighted by Gasteiger charge is 2.24. The maximum absolute atomic E-state index is 11.9. The van der Waals surface area contributed by atoms with Gasteiger partial charge in [0.2, 0.25) is 0 Å². The molecular weight excluding hydrogens is 256 g/mol. The van der Waals surface area contributed by atoms with E-state index in [1.54, 1.807) is 7.11 Å². The van der Waals surface area contributed by atoms with Crippen molar-refractivity contribution in [2.24, 2.45) is 0 Å². The lowest BCUT2D eigenvalue weighted by Crippen LogP contribution is -2.46. The van der Waals surface area contributed by atoms with Crippen molar-refractivity contribution in [2.75, 3.05) is 12.4 Å². The number of methoxy groups -OCH3 is 1. The molecule has 0 radical (unpaired) electrons. The molecule has 1 aromatic carbocycles. The molecule has 1 aliphatic carbocycles. The summed E-state index contributed by atoms with van der Waals surface area (Å²) in [6, 6.07) is 7.10. The van der Waals surface area contributed by atoms with Crippen molar-refractivity contribution in [1.29, 1.82) is 0 Å². The molecule has 2 unspecified atom stereocenters. The molecule has 2 rings (SSSR count). The van der Waals surface area contributed by atoms with Crippen molar-refractivity contribution >= 4 is 11.7 Å². The predicted octanol–water partition coefficient (Wildman–Crippen LogP) is 2.26. The highest BCUT2D eigenvalue weighted by Crippen LogP contribution is 2.18. The molecule has 1 fully saturated rings. The molecule has 0 saturated heterocycles. The van der Waals surface area contributed by atoms with Gasteiger partial charge in [0.05, 0.1) is 18.8 Å². The van der Waals surface area contributed by atoms with E-state index >= 15 is 0 Å². The van der Waals surface area contributed by atoms with Crippen molar-refractivity contribution in [2.45, 2.75) is 44.4 Å². The van der Waals surface area contributed by atoms with Gasteiger partial charge in [-0.2, -0.15) is 0 Å². The van der Waals surface area contributed by atoms with E-state index in [4.69, 9.17) is 4.74 Å². The van der Waals surface area contributed by atoms with Gasteiger partial charge in [0.15, 0.2) is 0 Å². The molecule has 2 amide bonds. The second-order valence-corrected chi connectivity index (χ2v) is 5.19. The minimum Gasteiger partial charge on any atom is -0.391 e. The smallest absolute Gasteiger partial charge is 0.319 e. The summed E-state index contributed by atoms with van der Waals surface area (Å²) >= 11 is 0.